The average molecular weight is 729 g/mol. The lowest BCUT2D eigenvalue weighted by atomic mass is 9.36. The fourth-order valence-electron chi connectivity index (χ4n) is 10.8. The largest absolute Gasteiger partial charge is 0.311 e. The van der Waals surface area contributed by atoms with Crippen LogP contribution >= 0.6 is 11.3 Å². The molecule has 1 spiro atoms. The van der Waals surface area contributed by atoms with E-state index in [0.717, 1.165) is 0 Å². The highest BCUT2D eigenvalue weighted by Crippen LogP contribution is 2.64. The maximum Gasteiger partial charge on any atom is 0.264 e. The van der Waals surface area contributed by atoms with Gasteiger partial charge in [-0.15, -0.1) is 11.3 Å². The average Bonchev–Trinajstić information content (AvgIpc) is 3.87. The molecule has 0 radical (unpaired) electrons. The van der Waals surface area contributed by atoms with Crippen LogP contribution in [-0.2, 0) is 5.41 Å². The predicted octanol–water partition coefficient (Wildman–Crippen LogP) is 11.6. The van der Waals surface area contributed by atoms with Crippen LogP contribution in [0, 0.1) is 6.92 Å². The fourth-order valence-corrected chi connectivity index (χ4v) is 12.1. The molecule has 13 rings (SSSR count). The first-order valence-corrected chi connectivity index (χ1v) is 20.4. The summed E-state index contributed by atoms with van der Waals surface area (Å²) in [4.78, 5) is 5.05. The van der Waals surface area contributed by atoms with E-state index in [2.05, 4.69) is 199 Å². The van der Waals surface area contributed by atoms with E-state index in [-0.39, 0.29) is 6.71 Å². The number of thiophene rings is 1. The molecule has 0 bridgehead atoms. The van der Waals surface area contributed by atoms with E-state index in [1.54, 1.807) is 0 Å². The molecule has 0 atom stereocenters. The number of para-hydroxylation sites is 2. The third-order valence-corrected chi connectivity index (χ3v) is 14.1. The lowest BCUT2D eigenvalue weighted by molar-refractivity contribution is 0.795. The molecule has 56 heavy (non-hydrogen) atoms. The molecule has 0 unspecified atom stereocenters. The summed E-state index contributed by atoms with van der Waals surface area (Å²) in [5.74, 6) is 0. The van der Waals surface area contributed by atoms with Crippen LogP contribution in [0.3, 0.4) is 0 Å². The number of rotatable bonds is 2. The Kier molecular flexibility index (Phi) is 6.03. The Bertz CT molecular complexity index is 3080. The van der Waals surface area contributed by atoms with Crippen molar-refractivity contribution in [3.05, 3.63) is 210 Å². The number of nitrogens with zero attached hydrogens (tertiary/aromatic N) is 2. The molecule has 0 saturated carbocycles. The van der Waals surface area contributed by atoms with Crippen molar-refractivity contribution in [1.82, 2.24) is 0 Å². The van der Waals surface area contributed by atoms with Crippen molar-refractivity contribution in [3.63, 3.8) is 0 Å². The molecule has 4 heteroatoms. The number of benzene rings is 8. The quantitative estimate of drug-likeness (QED) is 0.164. The van der Waals surface area contributed by atoms with Crippen molar-refractivity contribution in [1.29, 1.82) is 0 Å². The lowest BCUT2D eigenvalue weighted by Gasteiger charge is -2.43. The standard InChI is InChI=1S/C52H33BN2S/c1-32-26-28-34(29-27-32)54-45-23-12-11-22-44(45)53-49-46(54)24-13-25-47(49)55(33-14-3-2-4-15-33)50-39-30-43-38(31-48(39)56-51(50)53)37-18-7-10-21-42(37)52(43)40-19-8-5-16-35(40)36-17-6-9-20-41(36)52/h2-31H,1H3. The monoisotopic (exact) mass is 728 g/mol. The minimum Gasteiger partial charge on any atom is -0.311 e. The summed E-state index contributed by atoms with van der Waals surface area (Å²) in [6.07, 6.45) is 0. The van der Waals surface area contributed by atoms with Crippen molar-refractivity contribution in [3.8, 4) is 22.3 Å². The molecular formula is C52H33BN2S. The van der Waals surface area contributed by atoms with E-state index in [0.29, 0.717) is 0 Å². The predicted molar refractivity (Wildman–Crippen MR) is 237 cm³/mol. The Morgan fingerprint density at radius 3 is 1.71 bits per heavy atom. The molecule has 8 aromatic carbocycles. The van der Waals surface area contributed by atoms with Crippen molar-refractivity contribution >= 4 is 78.0 Å². The molecule has 4 aliphatic rings. The Morgan fingerprint density at radius 1 is 0.464 bits per heavy atom. The van der Waals surface area contributed by atoms with Crippen LogP contribution in [0.4, 0.5) is 34.1 Å². The summed E-state index contributed by atoms with van der Waals surface area (Å²) < 4.78 is 2.73. The zero-order valence-corrected chi connectivity index (χ0v) is 31.5. The van der Waals surface area contributed by atoms with Gasteiger partial charge in [0.05, 0.1) is 11.1 Å². The number of hydrogen-bond acceptors (Lipinski definition) is 3. The first kappa shape index (κ1) is 30.7. The third kappa shape index (κ3) is 3.73. The zero-order chi connectivity index (χ0) is 36.7. The first-order chi connectivity index (χ1) is 27.7. The number of fused-ring (bicyclic) bond motifs is 16. The van der Waals surface area contributed by atoms with Crippen molar-refractivity contribution in [2.24, 2.45) is 0 Å². The highest BCUT2D eigenvalue weighted by atomic mass is 32.1. The SMILES string of the molecule is Cc1ccc(N2c3ccccc3B3c4sc5cc6c(cc5c4N(c4ccccc4)c4cccc2c43)C2(c3ccccc3-c3ccccc32)c2ccccc2-6)cc1. The molecule has 260 valence electrons. The Labute approximate surface area is 330 Å². The van der Waals surface area contributed by atoms with Crippen LogP contribution in [-0.4, -0.2) is 6.71 Å². The first-order valence-electron chi connectivity index (χ1n) is 19.6. The highest BCUT2D eigenvalue weighted by molar-refractivity contribution is 7.33. The van der Waals surface area contributed by atoms with Crippen LogP contribution in [0.15, 0.2) is 182 Å². The Morgan fingerprint density at radius 2 is 1.02 bits per heavy atom. The summed E-state index contributed by atoms with van der Waals surface area (Å²) >= 11 is 1.98. The molecule has 1 aromatic heterocycles. The molecule has 3 heterocycles. The highest BCUT2D eigenvalue weighted by Gasteiger charge is 2.52. The Balaban J connectivity index is 1.14. The van der Waals surface area contributed by atoms with E-state index >= 15 is 0 Å². The van der Waals surface area contributed by atoms with E-state index in [9.17, 15) is 0 Å². The number of aryl methyl sites for hydroxylation is 1. The molecule has 2 nitrogen and oxygen atoms in total. The Hall–Kier alpha value is -6.62. The van der Waals surface area contributed by atoms with E-state index in [1.807, 2.05) is 11.3 Å². The van der Waals surface area contributed by atoms with Gasteiger partial charge in [-0.1, -0.05) is 133 Å². The van der Waals surface area contributed by atoms with Crippen LogP contribution < -0.4 is 25.5 Å². The van der Waals surface area contributed by atoms with Gasteiger partial charge in [0.25, 0.3) is 6.71 Å². The number of anilines is 6. The lowest BCUT2D eigenvalue weighted by Crippen LogP contribution is -2.60. The number of hydrogen-bond donors (Lipinski definition) is 0. The minimum absolute atomic E-state index is 0.0930. The van der Waals surface area contributed by atoms with Gasteiger partial charge in [0, 0.05) is 43.3 Å². The summed E-state index contributed by atoms with van der Waals surface area (Å²) in [7, 11) is 0. The molecule has 0 amide bonds. The van der Waals surface area contributed by atoms with Gasteiger partial charge in [0.2, 0.25) is 0 Å². The van der Waals surface area contributed by atoms with E-state index in [1.165, 1.54) is 110 Å². The molecule has 0 saturated heterocycles. The van der Waals surface area contributed by atoms with Crippen LogP contribution in [0.2, 0.25) is 0 Å². The summed E-state index contributed by atoms with van der Waals surface area (Å²) in [6.45, 7) is 2.26. The molecule has 2 aliphatic heterocycles. The smallest absolute Gasteiger partial charge is 0.264 e. The van der Waals surface area contributed by atoms with Gasteiger partial charge < -0.3 is 9.80 Å². The summed E-state index contributed by atoms with van der Waals surface area (Å²) in [5, 5.41) is 1.32. The second-order valence-electron chi connectivity index (χ2n) is 15.6. The zero-order valence-electron chi connectivity index (χ0n) is 30.7. The van der Waals surface area contributed by atoms with Gasteiger partial charge in [-0.3, -0.25) is 0 Å². The van der Waals surface area contributed by atoms with Crippen molar-refractivity contribution in [2.45, 2.75) is 12.3 Å². The van der Waals surface area contributed by atoms with Crippen LogP contribution in [0.5, 0.6) is 0 Å². The van der Waals surface area contributed by atoms with Gasteiger partial charge >= 0.3 is 0 Å². The maximum atomic E-state index is 2.59. The van der Waals surface area contributed by atoms with Crippen molar-refractivity contribution in [2.75, 3.05) is 9.80 Å². The minimum atomic E-state index is -0.397. The van der Waals surface area contributed by atoms with Gasteiger partial charge in [-0.25, -0.2) is 0 Å². The summed E-state index contributed by atoms with van der Waals surface area (Å²) in [6, 6.07) is 68.6. The van der Waals surface area contributed by atoms with Crippen LogP contribution in [0.25, 0.3) is 32.3 Å². The summed E-state index contributed by atoms with van der Waals surface area (Å²) in [5.41, 5.74) is 21.8. The van der Waals surface area contributed by atoms with Gasteiger partial charge in [-0.2, -0.15) is 0 Å². The van der Waals surface area contributed by atoms with Gasteiger partial charge in [-0.05, 0) is 117 Å². The third-order valence-electron chi connectivity index (χ3n) is 12.9. The molecule has 2 aliphatic carbocycles. The molecule has 0 N–H and O–H groups in total. The maximum absolute atomic E-state index is 2.59. The van der Waals surface area contributed by atoms with Gasteiger partial charge in [0.15, 0.2) is 0 Å². The van der Waals surface area contributed by atoms with Gasteiger partial charge in [0.1, 0.15) is 0 Å². The molecular weight excluding hydrogens is 695 g/mol. The van der Waals surface area contributed by atoms with Crippen molar-refractivity contribution < 1.29 is 0 Å². The fraction of sp³-hybridized carbons (Fsp3) is 0.0385. The van der Waals surface area contributed by atoms with Crippen LogP contribution in [0.1, 0.15) is 27.8 Å². The van der Waals surface area contributed by atoms with E-state index in [4.69, 9.17) is 0 Å². The normalized spacial score (nSPS) is 14.6. The second kappa shape index (κ2) is 11.0. The van der Waals surface area contributed by atoms with E-state index < -0.39 is 5.41 Å². The molecule has 9 aromatic rings. The second-order valence-corrected chi connectivity index (χ2v) is 16.7. The molecule has 0 fully saturated rings. The topological polar surface area (TPSA) is 6.48 Å².